The van der Waals surface area contributed by atoms with E-state index in [0.29, 0.717) is 18.9 Å². The van der Waals surface area contributed by atoms with Gasteiger partial charge in [0.25, 0.3) is 0 Å². The van der Waals surface area contributed by atoms with Crippen molar-refractivity contribution >= 4 is 11.8 Å². The van der Waals surface area contributed by atoms with Crippen molar-refractivity contribution in [2.45, 2.75) is 44.7 Å². The molecular formula is C27H30N2O3. The molecule has 32 heavy (non-hydrogen) atoms. The fraction of sp³-hybridized carbons (Fsp3) is 0.407. The summed E-state index contributed by atoms with van der Waals surface area (Å²) in [5, 5.41) is 9.97. The number of nitrogens with zero attached hydrogens (tertiary/aromatic N) is 2. The van der Waals surface area contributed by atoms with Crippen molar-refractivity contribution in [3.63, 3.8) is 0 Å². The standard InChI is InChI=1S/C27H30N2O3/c1-19(2)7-6-10-20-11-13-22(14-12-20)27-23-16-28(17-26(32)29(23)24(27)18-30)25(31)15-21-8-4-3-5-9-21/h3-5,8-9,11-14,19,23-24,27,30H,7,15-18H2,1-2H3/t23-,24+,27-/m0/s1. The van der Waals surface area contributed by atoms with E-state index < -0.39 is 0 Å². The van der Waals surface area contributed by atoms with Gasteiger partial charge in [0.1, 0.15) is 0 Å². The molecule has 0 unspecified atom stereocenters. The summed E-state index contributed by atoms with van der Waals surface area (Å²) < 4.78 is 0. The van der Waals surface area contributed by atoms with E-state index in [2.05, 4.69) is 25.7 Å². The number of piperazine rings is 1. The molecule has 2 aliphatic heterocycles. The Morgan fingerprint density at radius 1 is 1.12 bits per heavy atom. The van der Waals surface area contributed by atoms with Crippen LogP contribution in [-0.4, -0.2) is 58.5 Å². The number of fused-ring (bicyclic) bond motifs is 1. The van der Waals surface area contributed by atoms with Crippen LogP contribution in [0.5, 0.6) is 0 Å². The largest absolute Gasteiger partial charge is 0.394 e. The molecule has 2 amide bonds. The average Bonchev–Trinajstić information content (AvgIpc) is 2.76. The second-order valence-corrected chi connectivity index (χ2v) is 9.10. The molecule has 0 aliphatic carbocycles. The highest BCUT2D eigenvalue weighted by Gasteiger charge is 2.54. The van der Waals surface area contributed by atoms with Crippen molar-refractivity contribution in [1.82, 2.24) is 9.80 Å². The molecule has 1 N–H and O–H groups in total. The molecule has 2 aliphatic rings. The van der Waals surface area contributed by atoms with E-state index in [1.807, 2.05) is 54.6 Å². The van der Waals surface area contributed by atoms with Gasteiger partial charge in [-0.05, 0) is 29.2 Å². The van der Waals surface area contributed by atoms with E-state index >= 15 is 0 Å². The van der Waals surface area contributed by atoms with E-state index in [1.165, 1.54) is 0 Å². The Hall–Kier alpha value is -3.10. The van der Waals surface area contributed by atoms with Crippen molar-refractivity contribution in [2.75, 3.05) is 19.7 Å². The number of hydrogen-bond acceptors (Lipinski definition) is 3. The summed E-state index contributed by atoms with van der Waals surface area (Å²) >= 11 is 0. The molecule has 166 valence electrons. The quantitative estimate of drug-likeness (QED) is 0.742. The zero-order valence-corrected chi connectivity index (χ0v) is 18.7. The van der Waals surface area contributed by atoms with Crippen LogP contribution >= 0.6 is 0 Å². The lowest BCUT2D eigenvalue weighted by molar-refractivity contribution is -0.166. The molecule has 5 heteroatoms. The first kappa shape index (κ1) is 22.1. The molecular weight excluding hydrogens is 400 g/mol. The van der Waals surface area contributed by atoms with Gasteiger partial charge in [0.05, 0.1) is 31.7 Å². The maximum atomic E-state index is 12.9. The van der Waals surface area contributed by atoms with Crippen molar-refractivity contribution in [1.29, 1.82) is 0 Å². The molecule has 0 bridgehead atoms. The zero-order chi connectivity index (χ0) is 22.7. The van der Waals surface area contributed by atoms with E-state index in [1.54, 1.807) is 9.80 Å². The first-order valence-corrected chi connectivity index (χ1v) is 11.3. The molecule has 0 radical (unpaired) electrons. The lowest BCUT2D eigenvalue weighted by Gasteiger charge is -2.58. The molecule has 2 saturated heterocycles. The van der Waals surface area contributed by atoms with Gasteiger partial charge in [-0.2, -0.15) is 0 Å². The first-order valence-electron chi connectivity index (χ1n) is 11.3. The third-order valence-electron chi connectivity index (χ3n) is 6.34. The molecule has 5 nitrogen and oxygen atoms in total. The highest BCUT2D eigenvalue weighted by Crippen LogP contribution is 2.43. The number of hydrogen-bond donors (Lipinski definition) is 1. The van der Waals surface area contributed by atoms with Crippen LogP contribution in [0.2, 0.25) is 0 Å². The Bertz CT molecular complexity index is 1020. The molecule has 0 aromatic heterocycles. The number of amides is 2. The summed E-state index contributed by atoms with van der Waals surface area (Å²) in [5.41, 5.74) is 2.98. The van der Waals surface area contributed by atoms with Gasteiger partial charge in [-0.15, -0.1) is 0 Å². The number of benzene rings is 2. The third kappa shape index (κ3) is 4.56. The van der Waals surface area contributed by atoms with Gasteiger partial charge in [-0.25, -0.2) is 0 Å². The molecule has 2 aromatic rings. The average molecular weight is 431 g/mol. The van der Waals surface area contributed by atoms with E-state index in [0.717, 1.165) is 23.1 Å². The summed E-state index contributed by atoms with van der Waals surface area (Å²) in [4.78, 5) is 29.1. The molecule has 2 fully saturated rings. The Morgan fingerprint density at radius 3 is 2.50 bits per heavy atom. The maximum absolute atomic E-state index is 12.9. The van der Waals surface area contributed by atoms with Crippen molar-refractivity contribution in [3.05, 3.63) is 71.3 Å². The fourth-order valence-corrected chi connectivity index (χ4v) is 4.72. The van der Waals surface area contributed by atoms with Crippen LogP contribution in [0.1, 0.15) is 42.9 Å². The van der Waals surface area contributed by atoms with Crippen LogP contribution in [0.3, 0.4) is 0 Å². The minimum Gasteiger partial charge on any atom is -0.394 e. The Kier molecular flexibility index (Phi) is 6.62. The maximum Gasteiger partial charge on any atom is 0.242 e. The molecule has 3 atom stereocenters. The number of rotatable bonds is 5. The summed E-state index contributed by atoms with van der Waals surface area (Å²) in [6.45, 7) is 4.79. The molecule has 4 rings (SSSR count). The summed E-state index contributed by atoms with van der Waals surface area (Å²) in [6, 6.07) is 17.3. The molecule has 0 spiro atoms. The zero-order valence-electron chi connectivity index (χ0n) is 18.7. The molecule has 0 saturated carbocycles. The van der Waals surface area contributed by atoms with E-state index in [-0.39, 0.29) is 43.0 Å². The second-order valence-electron chi connectivity index (χ2n) is 9.10. The van der Waals surface area contributed by atoms with Crippen LogP contribution in [0.25, 0.3) is 0 Å². The Balaban J connectivity index is 1.48. The van der Waals surface area contributed by atoms with E-state index in [9.17, 15) is 14.7 Å². The van der Waals surface area contributed by atoms with E-state index in [4.69, 9.17) is 0 Å². The van der Waals surface area contributed by atoms with Crippen LogP contribution in [0.15, 0.2) is 54.6 Å². The molecule has 2 heterocycles. The van der Waals surface area contributed by atoms with Crippen LogP contribution in [-0.2, 0) is 16.0 Å². The Morgan fingerprint density at radius 2 is 1.84 bits per heavy atom. The van der Waals surface area contributed by atoms with Gasteiger partial charge in [0.15, 0.2) is 0 Å². The van der Waals surface area contributed by atoms with Gasteiger partial charge in [0.2, 0.25) is 11.8 Å². The number of carbonyl (C=O) groups excluding carboxylic acids is 2. The van der Waals surface area contributed by atoms with Crippen molar-refractivity contribution in [3.8, 4) is 11.8 Å². The molecule has 2 aromatic carbocycles. The second kappa shape index (κ2) is 9.58. The predicted octanol–water partition coefficient (Wildman–Crippen LogP) is 2.82. The lowest BCUT2D eigenvalue weighted by Crippen LogP contribution is -2.73. The van der Waals surface area contributed by atoms with Gasteiger partial charge < -0.3 is 14.9 Å². The predicted molar refractivity (Wildman–Crippen MR) is 124 cm³/mol. The minimum atomic E-state index is -0.239. The summed E-state index contributed by atoms with van der Waals surface area (Å²) in [5.74, 6) is 6.82. The summed E-state index contributed by atoms with van der Waals surface area (Å²) in [6.07, 6.45) is 1.15. The SMILES string of the molecule is CC(C)CC#Cc1ccc([C@@H]2[C@@H](CO)N3C(=O)CN(C(=O)Cc4ccccc4)C[C@@H]23)cc1. The van der Waals surface area contributed by atoms with Crippen LogP contribution < -0.4 is 0 Å². The monoisotopic (exact) mass is 430 g/mol. The summed E-state index contributed by atoms with van der Waals surface area (Å²) in [7, 11) is 0. The number of aliphatic hydroxyl groups is 1. The first-order chi connectivity index (χ1) is 15.5. The fourth-order valence-electron chi connectivity index (χ4n) is 4.72. The highest BCUT2D eigenvalue weighted by atomic mass is 16.3. The minimum absolute atomic E-state index is 0.00829. The Labute approximate surface area is 190 Å². The van der Waals surface area contributed by atoms with Gasteiger partial charge in [0, 0.05) is 24.4 Å². The smallest absolute Gasteiger partial charge is 0.242 e. The van der Waals surface area contributed by atoms with Gasteiger partial charge in [-0.1, -0.05) is 68.2 Å². The lowest BCUT2D eigenvalue weighted by atomic mass is 9.73. The number of carbonyl (C=O) groups is 2. The topological polar surface area (TPSA) is 60.9 Å². The third-order valence-corrected chi connectivity index (χ3v) is 6.34. The highest BCUT2D eigenvalue weighted by molar-refractivity contribution is 5.88. The van der Waals surface area contributed by atoms with Gasteiger partial charge in [-0.3, -0.25) is 9.59 Å². The number of aliphatic hydroxyl groups excluding tert-OH is 1. The van der Waals surface area contributed by atoms with Crippen molar-refractivity contribution in [2.24, 2.45) is 5.92 Å². The van der Waals surface area contributed by atoms with Crippen LogP contribution in [0.4, 0.5) is 0 Å². The van der Waals surface area contributed by atoms with Gasteiger partial charge >= 0.3 is 0 Å². The van der Waals surface area contributed by atoms with Crippen LogP contribution in [0, 0.1) is 17.8 Å². The van der Waals surface area contributed by atoms with Crippen molar-refractivity contribution < 1.29 is 14.7 Å². The normalized spacial score (nSPS) is 22.1.